The Labute approximate surface area is 180 Å². The number of nitriles is 1. The Balaban J connectivity index is 0.000000785. The number of nitrogens with one attached hydrogen (secondary N) is 1. The fourth-order valence-corrected chi connectivity index (χ4v) is 2.63. The minimum atomic E-state index is -0.852. The number of anilines is 1. The highest BCUT2D eigenvalue weighted by molar-refractivity contribution is 5.99. The summed E-state index contributed by atoms with van der Waals surface area (Å²) in [6.45, 7) is 5.31. The maximum Gasteiger partial charge on any atom is 0.254 e. The maximum absolute atomic E-state index is 12.3. The Hall–Kier alpha value is -3.51. The van der Waals surface area contributed by atoms with Crippen LogP contribution in [0.15, 0.2) is 36.8 Å². The van der Waals surface area contributed by atoms with Crippen molar-refractivity contribution in [2.75, 3.05) is 19.0 Å². The molecule has 0 unspecified atom stereocenters. The molecule has 1 amide bonds. The second-order valence-corrected chi connectivity index (χ2v) is 7.57. The van der Waals surface area contributed by atoms with E-state index in [0.717, 1.165) is 5.39 Å². The predicted octanol–water partition coefficient (Wildman–Crippen LogP) is 3.13. The van der Waals surface area contributed by atoms with Crippen LogP contribution in [0, 0.1) is 11.3 Å². The minimum Gasteiger partial charge on any atom is -0.398 e. The molecule has 8 nitrogen and oxygen atoms in total. The van der Waals surface area contributed by atoms with Crippen LogP contribution in [0.3, 0.4) is 0 Å². The smallest absolute Gasteiger partial charge is 0.254 e. The Bertz CT molecular complexity index is 1080. The van der Waals surface area contributed by atoms with Crippen LogP contribution < -0.4 is 11.1 Å². The number of amides is 1. The fraction of sp³-hybridized carbons (Fsp3) is 0.364. The summed E-state index contributed by atoms with van der Waals surface area (Å²) in [4.78, 5) is 20.9. The standard InChI is InChI=1S/C19H20N6O2.C3H7F/c1-19(2,27)4-5-22-18(26)14-11-23-16(8-15(14)21)25-6-3-13-7-12(9-20)10-24-17(13)25;1-2-3-4/h3,6-8,10-11,27H,4-5H2,1-2H3,(H2,21,23)(H,22,26);2-3H2,1H3. The average Bonchev–Trinajstić information content (AvgIpc) is 3.15. The summed E-state index contributed by atoms with van der Waals surface area (Å²) < 4.78 is 12.5. The molecule has 0 radical (unpaired) electrons. The lowest BCUT2D eigenvalue weighted by atomic mass is 10.1. The monoisotopic (exact) mass is 426 g/mol. The molecule has 31 heavy (non-hydrogen) atoms. The van der Waals surface area contributed by atoms with E-state index in [0.29, 0.717) is 36.4 Å². The van der Waals surface area contributed by atoms with Gasteiger partial charge in [0.05, 0.1) is 23.4 Å². The van der Waals surface area contributed by atoms with Gasteiger partial charge in [-0.05, 0) is 38.8 Å². The van der Waals surface area contributed by atoms with Crippen molar-refractivity contribution < 1.29 is 14.3 Å². The van der Waals surface area contributed by atoms with Crippen LogP contribution in [0.1, 0.15) is 49.5 Å². The van der Waals surface area contributed by atoms with E-state index in [1.807, 2.05) is 6.07 Å². The zero-order valence-electron chi connectivity index (χ0n) is 17.9. The third-order valence-electron chi connectivity index (χ3n) is 4.28. The van der Waals surface area contributed by atoms with Gasteiger partial charge in [-0.15, -0.1) is 0 Å². The Morgan fingerprint density at radius 2 is 2.06 bits per heavy atom. The van der Waals surface area contributed by atoms with Crippen LogP contribution >= 0.6 is 0 Å². The molecule has 3 aromatic heterocycles. The number of fused-ring (bicyclic) bond motifs is 1. The zero-order chi connectivity index (χ0) is 23.0. The van der Waals surface area contributed by atoms with Gasteiger partial charge in [-0.2, -0.15) is 5.26 Å². The van der Waals surface area contributed by atoms with E-state index in [-0.39, 0.29) is 23.8 Å². The highest BCUT2D eigenvalue weighted by Gasteiger charge is 2.16. The number of nitrogens with zero attached hydrogens (tertiary/aromatic N) is 4. The van der Waals surface area contributed by atoms with Crippen LogP contribution in [0.2, 0.25) is 0 Å². The van der Waals surface area contributed by atoms with Gasteiger partial charge in [0.15, 0.2) is 0 Å². The summed E-state index contributed by atoms with van der Waals surface area (Å²) in [6, 6.07) is 7.23. The predicted molar refractivity (Wildman–Crippen MR) is 118 cm³/mol. The largest absolute Gasteiger partial charge is 0.398 e. The highest BCUT2D eigenvalue weighted by Crippen LogP contribution is 2.21. The Morgan fingerprint density at radius 3 is 2.65 bits per heavy atom. The van der Waals surface area contributed by atoms with Crippen molar-refractivity contribution in [3.63, 3.8) is 0 Å². The number of halogens is 1. The summed E-state index contributed by atoms with van der Waals surface area (Å²) >= 11 is 0. The molecule has 0 fully saturated rings. The van der Waals surface area contributed by atoms with Crippen molar-refractivity contribution in [3.05, 3.63) is 47.9 Å². The van der Waals surface area contributed by atoms with Gasteiger partial charge in [0, 0.05) is 42.3 Å². The number of hydrogen-bond donors (Lipinski definition) is 3. The summed E-state index contributed by atoms with van der Waals surface area (Å²) in [5.74, 6) is 0.178. The molecule has 164 valence electrons. The molecule has 0 saturated heterocycles. The first-order valence-electron chi connectivity index (χ1n) is 9.89. The molecule has 3 rings (SSSR count). The third kappa shape index (κ3) is 6.49. The molecule has 4 N–H and O–H groups in total. The summed E-state index contributed by atoms with van der Waals surface area (Å²) in [7, 11) is 0. The molecular weight excluding hydrogens is 399 g/mol. The molecule has 0 bridgehead atoms. The zero-order valence-corrected chi connectivity index (χ0v) is 17.9. The number of nitrogen functional groups attached to an aromatic ring is 1. The summed E-state index contributed by atoms with van der Waals surface area (Å²) in [6.07, 6.45) is 5.77. The first-order chi connectivity index (χ1) is 14.7. The lowest BCUT2D eigenvalue weighted by Gasteiger charge is -2.17. The number of carbonyl (C=O) groups is 1. The number of aliphatic hydroxyl groups is 1. The first-order valence-corrected chi connectivity index (χ1v) is 9.89. The molecule has 0 spiro atoms. The molecule has 0 aliphatic rings. The quantitative estimate of drug-likeness (QED) is 0.555. The van der Waals surface area contributed by atoms with Crippen molar-refractivity contribution in [1.82, 2.24) is 19.9 Å². The van der Waals surface area contributed by atoms with Gasteiger partial charge >= 0.3 is 0 Å². The molecular formula is C22H27FN6O2. The lowest BCUT2D eigenvalue weighted by Crippen LogP contribution is -2.31. The van der Waals surface area contributed by atoms with Gasteiger partial charge < -0.3 is 16.2 Å². The molecule has 0 aliphatic carbocycles. The van der Waals surface area contributed by atoms with E-state index in [4.69, 9.17) is 11.0 Å². The van der Waals surface area contributed by atoms with E-state index >= 15 is 0 Å². The maximum atomic E-state index is 12.3. The summed E-state index contributed by atoms with van der Waals surface area (Å²) in [5, 5.41) is 22.2. The number of pyridine rings is 2. The van der Waals surface area contributed by atoms with Gasteiger partial charge in [0.1, 0.15) is 17.5 Å². The van der Waals surface area contributed by atoms with E-state index in [1.54, 1.807) is 43.7 Å². The van der Waals surface area contributed by atoms with Gasteiger partial charge in [-0.1, -0.05) is 6.92 Å². The molecule has 0 aromatic carbocycles. The van der Waals surface area contributed by atoms with Gasteiger partial charge in [0.25, 0.3) is 5.91 Å². The third-order valence-corrected chi connectivity index (χ3v) is 4.28. The van der Waals surface area contributed by atoms with E-state index in [2.05, 4.69) is 21.4 Å². The van der Waals surface area contributed by atoms with Gasteiger partial charge in [0.2, 0.25) is 0 Å². The number of aromatic nitrogens is 3. The van der Waals surface area contributed by atoms with Crippen molar-refractivity contribution >= 4 is 22.6 Å². The van der Waals surface area contributed by atoms with E-state index < -0.39 is 5.60 Å². The second kappa shape index (κ2) is 10.5. The van der Waals surface area contributed by atoms with Gasteiger partial charge in [-0.3, -0.25) is 13.8 Å². The van der Waals surface area contributed by atoms with Crippen LogP contribution in [0.25, 0.3) is 16.9 Å². The molecule has 0 saturated carbocycles. The second-order valence-electron chi connectivity index (χ2n) is 7.57. The minimum absolute atomic E-state index is 0.181. The number of hydrogen-bond acceptors (Lipinski definition) is 6. The SMILES string of the molecule is CC(C)(O)CCNC(=O)c1cnc(-n2ccc3cc(C#N)cnc32)cc1N.CCCF. The normalized spacial score (nSPS) is 10.8. The first kappa shape index (κ1) is 23.8. The van der Waals surface area contributed by atoms with Crippen molar-refractivity contribution in [2.24, 2.45) is 0 Å². The number of rotatable bonds is 6. The topological polar surface area (TPSA) is 130 Å². The molecule has 0 atom stereocenters. The Kier molecular flexibility index (Phi) is 8.05. The van der Waals surface area contributed by atoms with Crippen molar-refractivity contribution in [2.45, 2.75) is 39.2 Å². The molecule has 0 aliphatic heterocycles. The number of carbonyl (C=O) groups excluding carboxylic acids is 1. The van der Waals surface area contributed by atoms with Crippen LogP contribution in [-0.4, -0.2) is 44.4 Å². The number of alkyl halides is 1. The van der Waals surface area contributed by atoms with Crippen LogP contribution in [-0.2, 0) is 0 Å². The van der Waals surface area contributed by atoms with Crippen LogP contribution in [0.4, 0.5) is 10.1 Å². The molecule has 3 aromatic rings. The Morgan fingerprint density at radius 1 is 1.35 bits per heavy atom. The van der Waals surface area contributed by atoms with E-state index in [1.165, 1.54) is 12.4 Å². The molecule has 3 heterocycles. The average molecular weight is 426 g/mol. The van der Waals surface area contributed by atoms with Crippen molar-refractivity contribution in [1.29, 1.82) is 5.26 Å². The highest BCUT2D eigenvalue weighted by atomic mass is 19.1. The fourth-order valence-electron chi connectivity index (χ4n) is 2.63. The van der Waals surface area contributed by atoms with Gasteiger partial charge in [-0.25, -0.2) is 9.97 Å². The van der Waals surface area contributed by atoms with Crippen molar-refractivity contribution in [3.8, 4) is 11.9 Å². The summed E-state index contributed by atoms with van der Waals surface area (Å²) in [5.41, 5.74) is 6.87. The lowest BCUT2D eigenvalue weighted by molar-refractivity contribution is 0.0693. The molecule has 9 heteroatoms. The van der Waals surface area contributed by atoms with Crippen LogP contribution in [0.5, 0.6) is 0 Å². The van der Waals surface area contributed by atoms with E-state index in [9.17, 15) is 14.3 Å². The number of nitrogens with two attached hydrogens (primary N) is 1.